The minimum Gasteiger partial charge on any atom is -0.493 e. The van der Waals surface area contributed by atoms with E-state index in [2.05, 4.69) is 10.9 Å². The fraction of sp³-hybridized carbons (Fsp3) is 0.148. The fourth-order valence-corrected chi connectivity index (χ4v) is 3.73. The maximum Gasteiger partial charge on any atom is 0.270 e. The molecule has 0 unspecified atom stereocenters. The van der Waals surface area contributed by atoms with Gasteiger partial charge in [-0.1, -0.05) is 42.5 Å². The predicted molar refractivity (Wildman–Crippen MR) is 131 cm³/mol. The fourth-order valence-electron chi connectivity index (χ4n) is 3.73. The second-order valence-electron chi connectivity index (χ2n) is 7.75. The van der Waals surface area contributed by atoms with Crippen LogP contribution in [0.4, 0.5) is 0 Å². The quantitative estimate of drug-likeness (QED) is 0.425. The number of ether oxygens (including phenoxy) is 2. The Balaban J connectivity index is 1.61. The van der Waals surface area contributed by atoms with Crippen LogP contribution in [0, 0.1) is 6.92 Å². The maximum atomic E-state index is 13.1. The highest BCUT2D eigenvalue weighted by molar-refractivity contribution is 6.07. The number of hydrazine groups is 1. The Hall–Kier alpha value is -4.39. The van der Waals surface area contributed by atoms with Gasteiger partial charge in [0.2, 0.25) is 5.91 Å². The lowest BCUT2D eigenvalue weighted by Crippen LogP contribution is -2.42. The van der Waals surface area contributed by atoms with Crippen LogP contribution in [-0.2, 0) is 11.2 Å². The molecule has 1 heterocycles. The van der Waals surface area contributed by atoms with E-state index in [1.807, 2.05) is 67.6 Å². The van der Waals surface area contributed by atoms with E-state index >= 15 is 0 Å². The third kappa shape index (κ3) is 4.83. The number of hydrogen-bond acceptors (Lipinski definition) is 5. The summed E-state index contributed by atoms with van der Waals surface area (Å²) >= 11 is 0. The smallest absolute Gasteiger partial charge is 0.270 e. The van der Waals surface area contributed by atoms with Crippen molar-refractivity contribution in [2.45, 2.75) is 13.3 Å². The van der Waals surface area contributed by atoms with Crippen molar-refractivity contribution in [3.63, 3.8) is 0 Å². The maximum absolute atomic E-state index is 13.1. The lowest BCUT2D eigenvalue weighted by Gasteiger charge is -2.13. The number of methoxy groups -OCH3 is 2. The van der Waals surface area contributed by atoms with Crippen molar-refractivity contribution < 1.29 is 19.1 Å². The predicted octanol–water partition coefficient (Wildman–Crippen LogP) is 4.23. The second-order valence-corrected chi connectivity index (χ2v) is 7.75. The Morgan fingerprint density at radius 3 is 2.35 bits per heavy atom. The van der Waals surface area contributed by atoms with Crippen molar-refractivity contribution >= 4 is 22.7 Å². The number of nitrogens with zero attached hydrogens (tertiary/aromatic N) is 1. The third-order valence-corrected chi connectivity index (χ3v) is 5.57. The molecular weight excluding hydrogens is 430 g/mol. The number of carbonyl (C=O) groups excluding carboxylic acids is 2. The van der Waals surface area contributed by atoms with Gasteiger partial charge in [0.05, 0.1) is 37.4 Å². The molecule has 4 rings (SSSR count). The molecule has 0 fully saturated rings. The van der Waals surface area contributed by atoms with Crippen molar-refractivity contribution in [2.75, 3.05) is 14.2 Å². The molecule has 0 saturated heterocycles. The Morgan fingerprint density at radius 2 is 1.59 bits per heavy atom. The molecule has 0 aliphatic heterocycles. The van der Waals surface area contributed by atoms with Crippen LogP contribution in [0.25, 0.3) is 22.2 Å². The van der Waals surface area contributed by atoms with Gasteiger partial charge in [0.15, 0.2) is 11.5 Å². The van der Waals surface area contributed by atoms with Gasteiger partial charge in [-0.2, -0.15) is 0 Å². The van der Waals surface area contributed by atoms with Gasteiger partial charge in [-0.3, -0.25) is 20.4 Å². The molecule has 2 amide bonds. The molecule has 0 atom stereocenters. The van der Waals surface area contributed by atoms with Crippen LogP contribution < -0.4 is 20.3 Å². The van der Waals surface area contributed by atoms with Crippen molar-refractivity contribution in [1.82, 2.24) is 15.8 Å². The monoisotopic (exact) mass is 455 g/mol. The van der Waals surface area contributed by atoms with Gasteiger partial charge in [-0.25, -0.2) is 4.98 Å². The van der Waals surface area contributed by atoms with Crippen molar-refractivity contribution in [3.05, 3.63) is 89.5 Å². The van der Waals surface area contributed by atoms with E-state index in [1.165, 1.54) is 0 Å². The highest BCUT2D eigenvalue weighted by Crippen LogP contribution is 2.33. The zero-order valence-electron chi connectivity index (χ0n) is 19.2. The van der Waals surface area contributed by atoms with E-state index in [9.17, 15) is 9.59 Å². The van der Waals surface area contributed by atoms with E-state index in [4.69, 9.17) is 14.5 Å². The number of carbonyl (C=O) groups is 2. The molecule has 7 heteroatoms. The number of aromatic nitrogens is 1. The number of amides is 2. The van der Waals surface area contributed by atoms with Crippen LogP contribution >= 0.6 is 0 Å². The number of nitrogens with one attached hydrogen (secondary N) is 2. The standard InChI is InChI=1S/C27H25N3O4/c1-17-8-4-5-9-18(17)15-26(31)29-30-27(32)21-16-23(28-22-11-7-6-10-20(21)22)19-12-13-24(33-2)25(14-19)34-3/h4-14,16H,15H2,1-3H3,(H,29,31)(H,30,32). The Kier molecular flexibility index (Phi) is 6.73. The molecule has 0 aliphatic carbocycles. The molecule has 0 spiro atoms. The summed E-state index contributed by atoms with van der Waals surface area (Å²) in [5, 5.41) is 0.678. The molecule has 0 aliphatic rings. The number of pyridine rings is 1. The Labute approximate surface area is 197 Å². The summed E-state index contributed by atoms with van der Waals surface area (Å²) in [5.41, 5.74) is 9.39. The molecule has 2 N–H and O–H groups in total. The number of aryl methyl sites for hydroxylation is 1. The molecule has 34 heavy (non-hydrogen) atoms. The lowest BCUT2D eigenvalue weighted by molar-refractivity contribution is -0.121. The van der Waals surface area contributed by atoms with Gasteiger partial charge in [-0.05, 0) is 48.4 Å². The lowest BCUT2D eigenvalue weighted by atomic mass is 10.0. The average Bonchev–Trinajstić information content (AvgIpc) is 2.87. The molecule has 0 radical (unpaired) electrons. The molecule has 3 aromatic carbocycles. The van der Waals surface area contributed by atoms with E-state index in [-0.39, 0.29) is 12.3 Å². The van der Waals surface area contributed by atoms with E-state index < -0.39 is 5.91 Å². The molecular formula is C27H25N3O4. The molecule has 7 nitrogen and oxygen atoms in total. The van der Waals surface area contributed by atoms with Crippen LogP contribution in [0.3, 0.4) is 0 Å². The van der Waals surface area contributed by atoms with Crippen LogP contribution in [0.1, 0.15) is 21.5 Å². The summed E-state index contributed by atoms with van der Waals surface area (Å²) in [5.74, 6) is 0.422. The number of rotatable bonds is 6. The van der Waals surface area contributed by atoms with Gasteiger partial charge in [-0.15, -0.1) is 0 Å². The summed E-state index contributed by atoms with van der Waals surface area (Å²) in [4.78, 5) is 30.2. The summed E-state index contributed by atoms with van der Waals surface area (Å²) in [6.07, 6.45) is 0.168. The number of fused-ring (bicyclic) bond motifs is 1. The van der Waals surface area contributed by atoms with E-state index in [0.717, 1.165) is 16.7 Å². The number of hydrogen-bond donors (Lipinski definition) is 2. The first-order chi connectivity index (χ1) is 16.5. The van der Waals surface area contributed by atoms with Crippen LogP contribution in [0.15, 0.2) is 72.8 Å². The van der Waals surface area contributed by atoms with Crippen LogP contribution in [-0.4, -0.2) is 31.0 Å². The third-order valence-electron chi connectivity index (χ3n) is 5.57. The second kappa shape index (κ2) is 10.0. The van der Waals surface area contributed by atoms with Gasteiger partial charge in [0.1, 0.15) is 0 Å². The van der Waals surface area contributed by atoms with Gasteiger partial charge in [0.25, 0.3) is 5.91 Å². The Morgan fingerprint density at radius 1 is 0.853 bits per heavy atom. The van der Waals surface area contributed by atoms with Crippen molar-refractivity contribution in [2.24, 2.45) is 0 Å². The molecule has 0 saturated carbocycles. The van der Waals surface area contributed by atoms with Gasteiger partial charge < -0.3 is 9.47 Å². The first-order valence-corrected chi connectivity index (χ1v) is 10.8. The Bertz CT molecular complexity index is 1370. The minimum atomic E-state index is -0.432. The van der Waals surface area contributed by atoms with Gasteiger partial charge >= 0.3 is 0 Å². The SMILES string of the molecule is COc1ccc(-c2cc(C(=O)NNC(=O)Cc3ccccc3C)c3ccccc3n2)cc1OC. The number of benzene rings is 3. The van der Waals surface area contributed by atoms with E-state index in [1.54, 1.807) is 26.4 Å². The van der Waals surface area contributed by atoms with Crippen LogP contribution in [0.2, 0.25) is 0 Å². The molecule has 4 aromatic rings. The topological polar surface area (TPSA) is 89.6 Å². The van der Waals surface area contributed by atoms with Crippen LogP contribution in [0.5, 0.6) is 11.5 Å². The van der Waals surface area contributed by atoms with Crippen molar-refractivity contribution in [3.8, 4) is 22.8 Å². The largest absolute Gasteiger partial charge is 0.493 e. The summed E-state index contributed by atoms with van der Waals surface area (Å²) in [6, 6.07) is 22.2. The summed E-state index contributed by atoms with van der Waals surface area (Å²) in [6.45, 7) is 1.94. The summed E-state index contributed by atoms with van der Waals surface area (Å²) in [7, 11) is 3.13. The molecule has 1 aromatic heterocycles. The first-order valence-electron chi connectivity index (χ1n) is 10.8. The molecule has 0 bridgehead atoms. The highest BCUT2D eigenvalue weighted by atomic mass is 16.5. The summed E-state index contributed by atoms with van der Waals surface area (Å²) < 4.78 is 10.7. The number of para-hydroxylation sites is 1. The van der Waals surface area contributed by atoms with Crippen molar-refractivity contribution in [1.29, 1.82) is 0 Å². The molecule has 172 valence electrons. The minimum absolute atomic E-state index is 0.168. The highest BCUT2D eigenvalue weighted by Gasteiger charge is 2.16. The normalized spacial score (nSPS) is 10.6. The first kappa shape index (κ1) is 22.8. The van der Waals surface area contributed by atoms with E-state index in [0.29, 0.717) is 33.7 Å². The zero-order valence-corrected chi connectivity index (χ0v) is 19.2. The average molecular weight is 456 g/mol. The van der Waals surface area contributed by atoms with Gasteiger partial charge in [0, 0.05) is 10.9 Å². The zero-order chi connectivity index (χ0) is 24.1.